The smallest absolute Gasteiger partial charge is 0.138 e. The zero-order valence-corrected chi connectivity index (χ0v) is 20.6. The first kappa shape index (κ1) is 21.4. The van der Waals surface area contributed by atoms with Crippen LogP contribution in [-0.4, -0.2) is 0 Å². The summed E-state index contributed by atoms with van der Waals surface area (Å²) < 4.78 is 1.83. The van der Waals surface area contributed by atoms with Gasteiger partial charge in [0, 0.05) is 14.5 Å². The van der Waals surface area contributed by atoms with Crippen LogP contribution in [0.25, 0.3) is 5.57 Å². The summed E-state index contributed by atoms with van der Waals surface area (Å²) in [6, 6.07) is 37.4. The first-order chi connectivity index (χ1) is 16.1. The molecule has 0 N–H and O–H groups in total. The number of halogens is 2. The summed E-state index contributed by atoms with van der Waals surface area (Å²) in [5, 5.41) is 19.7. The van der Waals surface area contributed by atoms with Gasteiger partial charge in [0.2, 0.25) is 0 Å². The van der Waals surface area contributed by atoms with Gasteiger partial charge in [-0.15, -0.1) is 0 Å². The predicted octanol–water partition coefficient (Wildman–Crippen LogP) is 7.76. The fourth-order valence-corrected chi connectivity index (χ4v) is 5.68. The topological polar surface area (TPSA) is 47.6 Å². The zero-order chi connectivity index (χ0) is 23.0. The number of benzene rings is 4. The van der Waals surface area contributed by atoms with Crippen LogP contribution in [0.1, 0.15) is 33.4 Å². The third-order valence-electron chi connectivity index (χ3n) is 6.20. The molecule has 0 aliphatic heterocycles. The molecule has 0 saturated carbocycles. The monoisotopic (exact) mass is 550 g/mol. The van der Waals surface area contributed by atoms with Gasteiger partial charge in [0.1, 0.15) is 17.7 Å². The molecule has 33 heavy (non-hydrogen) atoms. The molecule has 0 atom stereocenters. The van der Waals surface area contributed by atoms with Gasteiger partial charge in [-0.2, -0.15) is 10.5 Å². The Hall–Kier alpha value is -3.44. The first-order valence-electron chi connectivity index (χ1n) is 10.4. The Balaban J connectivity index is 2.07. The van der Waals surface area contributed by atoms with Crippen molar-refractivity contribution in [2.75, 3.05) is 0 Å². The first-order valence-corrected chi connectivity index (χ1v) is 12.0. The van der Waals surface area contributed by atoms with Gasteiger partial charge in [-0.1, -0.05) is 105 Å². The van der Waals surface area contributed by atoms with E-state index in [0.717, 1.165) is 42.3 Å². The molecule has 4 aromatic rings. The number of hydrogen-bond acceptors (Lipinski definition) is 2. The number of allylic oxidation sites excluding steroid dienone is 1. The molecule has 0 bridgehead atoms. The van der Waals surface area contributed by atoms with Crippen molar-refractivity contribution >= 4 is 37.4 Å². The van der Waals surface area contributed by atoms with E-state index >= 15 is 0 Å². The Kier molecular flexibility index (Phi) is 5.51. The summed E-state index contributed by atoms with van der Waals surface area (Å²) in [4.78, 5) is 0. The summed E-state index contributed by atoms with van der Waals surface area (Å²) >= 11 is 7.29. The number of fused-ring (bicyclic) bond motifs is 2. The third kappa shape index (κ3) is 3.26. The fourth-order valence-electron chi connectivity index (χ4n) is 4.96. The molecule has 5 rings (SSSR count). The van der Waals surface area contributed by atoms with Crippen LogP contribution in [0.15, 0.2) is 112 Å². The van der Waals surface area contributed by atoms with Crippen molar-refractivity contribution in [3.8, 4) is 12.1 Å². The van der Waals surface area contributed by atoms with Gasteiger partial charge in [0.25, 0.3) is 0 Å². The van der Waals surface area contributed by atoms with E-state index in [1.165, 1.54) is 0 Å². The summed E-state index contributed by atoms with van der Waals surface area (Å²) in [6.07, 6.45) is 0. The summed E-state index contributed by atoms with van der Waals surface area (Å²) in [5.74, 6) is 0. The van der Waals surface area contributed by atoms with Crippen molar-refractivity contribution in [3.05, 3.63) is 145 Å². The van der Waals surface area contributed by atoms with Crippen molar-refractivity contribution in [1.29, 1.82) is 10.5 Å². The molecular formula is C29H16Br2N2. The van der Waals surface area contributed by atoms with E-state index in [0.29, 0.717) is 5.57 Å². The Morgan fingerprint density at radius 2 is 1.15 bits per heavy atom. The van der Waals surface area contributed by atoms with Crippen molar-refractivity contribution in [3.63, 3.8) is 0 Å². The van der Waals surface area contributed by atoms with E-state index in [4.69, 9.17) is 0 Å². The largest absolute Gasteiger partial charge is 0.192 e. The highest BCUT2D eigenvalue weighted by Gasteiger charge is 2.45. The van der Waals surface area contributed by atoms with E-state index in [9.17, 15) is 10.5 Å². The molecule has 0 spiro atoms. The molecule has 0 aromatic heterocycles. The van der Waals surface area contributed by atoms with Gasteiger partial charge < -0.3 is 0 Å². The van der Waals surface area contributed by atoms with E-state index < -0.39 is 5.41 Å². The molecule has 0 fully saturated rings. The SMILES string of the molecule is N#CC(C#N)=C1c2cc(Br)ccc2C(c2ccccc2)(c2ccccc2)c2cc(Br)ccc21. The summed E-state index contributed by atoms with van der Waals surface area (Å²) in [5.41, 5.74) is 6.21. The molecule has 4 aromatic carbocycles. The van der Waals surface area contributed by atoms with Crippen molar-refractivity contribution in [2.45, 2.75) is 5.41 Å². The van der Waals surface area contributed by atoms with E-state index in [1.807, 2.05) is 36.4 Å². The Labute approximate surface area is 209 Å². The highest BCUT2D eigenvalue weighted by atomic mass is 79.9. The minimum Gasteiger partial charge on any atom is -0.192 e. The number of nitrogens with zero attached hydrogens (tertiary/aromatic N) is 2. The maximum Gasteiger partial charge on any atom is 0.138 e. The average Bonchev–Trinajstić information content (AvgIpc) is 2.85. The quantitative estimate of drug-likeness (QED) is 0.210. The third-order valence-corrected chi connectivity index (χ3v) is 7.18. The standard InChI is InChI=1S/C29H16Br2N2/c30-22-12-14-26-25(15-22)28(19(17-32)18-33)24-13-11-23(31)16-27(24)29(26,20-7-3-1-4-8-20)21-9-5-2-6-10-21/h1-16H. The molecule has 1 aliphatic rings. The van der Waals surface area contributed by atoms with Crippen LogP contribution < -0.4 is 0 Å². The van der Waals surface area contributed by atoms with Gasteiger partial charge in [0.05, 0.1) is 5.41 Å². The molecule has 0 saturated heterocycles. The normalized spacial score (nSPS) is 13.3. The lowest BCUT2D eigenvalue weighted by atomic mass is 9.58. The van der Waals surface area contributed by atoms with E-state index in [2.05, 4.69) is 105 Å². The molecule has 0 unspecified atom stereocenters. The summed E-state index contributed by atoms with van der Waals surface area (Å²) in [7, 11) is 0. The second-order valence-electron chi connectivity index (χ2n) is 7.84. The van der Waals surface area contributed by atoms with Crippen LogP contribution >= 0.6 is 31.9 Å². The molecule has 156 valence electrons. The second kappa shape index (κ2) is 8.49. The lowest BCUT2D eigenvalue weighted by Gasteiger charge is -2.43. The van der Waals surface area contributed by atoms with Crippen molar-refractivity contribution < 1.29 is 0 Å². The van der Waals surface area contributed by atoms with Crippen LogP contribution in [0.3, 0.4) is 0 Å². The molecule has 2 nitrogen and oxygen atoms in total. The van der Waals surface area contributed by atoms with Crippen LogP contribution in [-0.2, 0) is 5.41 Å². The van der Waals surface area contributed by atoms with Crippen LogP contribution in [0.4, 0.5) is 0 Å². The molecular weight excluding hydrogens is 536 g/mol. The number of hydrogen-bond donors (Lipinski definition) is 0. The van der Waals surface area contributed by atoms with Crippen LogP contribution in [0.2, 0.25) is 0 Å². The maximum atomic E-state index is 9.87. The lowest BCUT2D eigenvalue weighted by molar-refractivity contribution is 0.730. The highest BCUT2D eigenvalue weighted by Crippen LogP contribution is 2.55. The fraction of sp³-hybridized carbons (Fsp3) is 0.0345. The van der Waals surface area contributed by atoms with Gasteiger partial charge in [0.15, 0.2) is 0 Å². The lowest BCUT2D eigenvalue weighted by Crippen LogP contribution is -2.36. The highest BCUT2D eigenvalue weighted by molar-refractivity contribution is 9.10. The van der Waals surface area contributed by atoms with Crippen LogP contribution in [0, 0.1) is 22.7 Å². The Morgan fingerprint density at radius 1 is 0.606 bits per heavy atom. The zero-order valence-electron chi connectivity index (χ0n) is 17.4. The minimum atomic E-state index is -0.628. The minimum absolute atomic E-state index is 0.104. The van der Waals surface area contributed by atoms with Gasteiger partial charge >= 0.3 is 0 Å². The van der Waals surface area contributed by atoms with Gasteiger partial charge in [-0.05, 0) is 57.6 Å². The second-order valence-corrected chi connectivity index (χ2v) is 9.67. The molecule has 0 heterocycles. The number of nitriles is 2. The maximum absolute atomic E-state index is 9.87. The Morgan fingerprint density at radius 3 is 1.73 bits per heavy atom. The Bertz CT molecular complexity index is 1440. The summed E-state index contributed by atoms with van der Waals surface area (Å²) in [6.45, 7) is 0. The van der Waals surface area contributed by atoms with Gasteiger partial charge in [-0.25, -0.2) is 0 Å². The molecule has 0 radical (unpaired) electrons. The van der Waals surface area contributed by atoms with Crippen LogP contribution in [0.5, 0.6) is 0 Å². The average molecular weight is 552 g/mol. The van der Waals surface area contributed by atoms with E-state index in [1.54, 1.807) is 0 Å². The predicted molar refractivity (Wildman–Crippen MR) is 137 cm³/mol. The van der Waals surface area contributed by atoms with Crippen molar-refractivity contribution in [2.24, 2.45) is 0 Å². The van der Waals surface area contributed by atoms with E-state index in [-0.39, 0.29) is 5.57 Å². The van der Waals surface area contributed by atoms with Gasteiger partial charge in [-0.3, -0.25) is 0 Å². The number of rotatable bonds is 2. The molecule has 1 aliphatic carbocycles. The van der Waals surface area contributed by atoms with Crippen molar-refractivity contribution in [1.82, 2.24) is 0 Å². The molecule has 4 heteroatoms. The molecule has 0 amide bonds.